The number of nitrogens with one attached hydrogen (secondary N) is 1. The Hall–Kier alpha value is -1.71. The molecule has 0 saturated heterocycles. The maximum Gasteiger partial charge on any atom is 0.259 e. The summed E-state index contributed by atoms with van der Waals surface area (Å²) in [6, 6.07) is 13.6. The van der Waals surface area contributed by atoms with E-state index in [1.54, 1.807) is 11.3 Å². The predicted molar refractivity (Wildman–Crippen MR) is 141 cm³/mol. The fraction of sp³-hybridized carbons (Fsp3) is 0.250. The van der Waals surface area contributed by atoms with Gasteiger partial charge < -0.3 is 10.1 Å². The number of benzene rings is 2. The first-order chi connectivity index (χ1) is 15.1. The Morgan fingerprint density at radius 3 is 2.81 bits per heavy atom. The van der Waals surface area contributed by atoms with E-state index >= 15 is 0 Å². The molecule has 1 aliphatic carbocycles. The monoisotopic (exact) mass is 608 g/mol. The van der Waals surface area contributed by atoms with Crippen molar-refractivity contribution in [2.24, 2.45) is 4.99 Å². The topological polar surface area (TPSA) is 50.7 Å². The first-order valence-electron chi connectivity index (χ1n) is 10.2. The number of carbonyl (C=O) groups is 1. The third kappa shape index (κ3) is 5.21. The average Bonchev–Trinajstić information content (AvgIpc) is 3.13. The van der Waals surface area contributed by atoms with Gasteiger partial charge in [0.2, 0.25) is 0 Å². The fourth-order valence-corrected chi connectivity index (χ4v) is 6.63. The molecule has 160 valence electrons. The number of nitrogens with zero attached hydrogens (tertiary/aromatic N) is 1. The summed E-state index contributed by atoms with van der Waals surface area (Å²) in [7, 11) is 0. The van der Waals surface area contributed by atoms with Gasteiger partial charge in [-0.05, 0) is 85.0 Å². The van der Waals surface area contributed by atoms with Crippen LogP contribution >= 0.6 is 49.9 Å². The Kier molecular flexibility index (Phi) is 7.45. The molecule has 4 nitrogen and oxygen atoms in total. The van der Waals surface area contributed by atoms with Crippen LogP contribution in [0, 0.1) is 3.57 Å². The number of thiophene rings is 1. The lowest BCUT2D eigenvalue weighted by Gasteiger charge is -2.13. The lowest BCUT2D eigenvalue weighted by atomic mass is 9.95. The predicted octanol–water partition coefficient (Wildman–Crippen LogP) is 7.40. The van der Waals surface area contributed by atoms with E-state index in [4.69, 9.17) is 9.73 Å². The minimum Gasteiger partial charge on any atom is -0.492 e. The molecule has 0 fully saturated rings. The number of para-hydroxylation sites is 1. The van der Waals surface area contributed by atoms with E-state index in [1.807, 2.05) is 55.6 Å². The van der Waals surface area contributed by atoms with Crippen molar-refractivity contribution in [2.75, 3.05) is 11.9 Å². The van der Waals surface area contributed by atoms with Crippen molar-refractivity contribution in [3.63, 3.8) is 0 Å². The first-order valence-corrected chi connectivity index (χ1v) is 12.9. The fourth-order valence-electron chi connectivity index (χ4n) is 3.69. The zero-order chi connectivity index (χ0) is 21.8. The van der Waals surface area contributed by atoms with E-state index < -0.39 is 0 Å². The van der Waals surface area contributed by atoms with Crippen LogP contribution in [0.5, 0.6) is 5.75 Å². The molecule has 0 spiro atoms. The van der Waals surface area contributed by atoms with Crippen LogP contribution in [0.2, 0.25) is 0 Å². The van der Waals surface area contributed by atoms with Gasteiger partial charge in [0.05, 0.1) is 15.7 Å². The summed E-state index contributed by atoms with van der Waals surface area (Å²) >= 11 is 7.47. The number of fused-ring (bicyclic) bond motifs is 1. The molecule has 0 unspecified atom stereocenters. The molecule has 1 aliphatic rings. The molecule has 3 aromatic rings. The number of anilines is 1. The van der Waals surface area contributed by atoms with Crippen molar-refractivity contribution in [3.8, 4) is 5.75 Å². The Morgan fingerprint density at radius 2 is 2.03 bits per heavy atom. The molecule has 0 aliphatic heterocycles. The third-order valence-corrected chi connectivity index (χ3v) is 7.52. The number of rotatable bonds is 6. The summed E-state index contributed by atoms with van der Waals surface area (Å²) in [5, 5.41) is 3.81. The minimum absolute atomic E-state index is 0.0911. The molecule has 0 radical (unpaired) electrons. The second kappa shape index (κ2) is 10.3. The Labute approximate surface area is 208 Å². The zero-order valence-electron chi connectivity index (χ0n) is 17.1. The van der Waals surface area contributed by atoms with Crippen LogP contribution in [0.3, 0.4) is 0 Å². The summed E-state index contributed by atoms with van der Waals surface area (Å²) in [6.45, 7) is 2.55. The number of aryl methyl sites for hydroxylation is 1. The van der Waals surface area contributed by atoms with E-state index in [-0.39, 0.29) is 5.91 Å². The second-order valence-electron chi connectivity index (χ2n) is 7.21. The summed E-state index contributed by atoms with van der Waals surface area (Å²) in [4.78, 5) is 19.3. The van der Waals surface area contributed by atoms with Crippen molar-refractivity contribution >= 4 is 72.7 Å². The molecular weight excluding hydrogens is 587 g/mol. The number of hydrogen-bond acceptors (Lipinski definition) is 4. The Morgan fingerprint density at radius 1 is 1.26 bits per heavy atom. The lowest BCUT2D eigenvalue weighted by Crippen LogP contribution is -2.14. The maximum atomic E-state index is 13.2. The van der Waals surface area contributed by atoms with Crippen molar-refractivity contribution < 1.29 is 9.53 Å². The van der Waals surface area contributed by atoms with Crippen LogP contribution < -0.4 is 10.1 Å². The molecule has 1 amide bonds. The van der Waals surface area contributed by atoms with Crippen LogP contribution in [0.1, 0.15) is 46.1 Å². The maximum absolute atomic E-state index is 13.2. The quantitative estimate of drug-likeness (QED) is 0.234. The highest BCUT2D eigenvalue weighted by atomic mass is 127. The van der Waals surface area contributed by atoms with Gasteiger partial charge in [0.25, 0.3) is 5.91 Å². The van der Waals surface area contributed by atoms with Crippen LogP contribution in [0.25, 0.3) is 0 Å². The number of aliphatic imine (C=N–C) groups is 1. The largest absolute Gasteiger partial charge is 0.492 e. The Balaban J connectivity index is 1.72. The van der Waals surface area contributed by atoms with Gasteiger partial charge in [0, 0.05) is 26.8 Å². The normalized spacial score (nSPS) is 13.3. The van der Waals surface area contributed by atoms with Gasteiger partial charge in [0.15, 0.2) is 0 Å². The van der Waals surface area contributed by atoms with Gasteiger partial charge in [0.1, 0.15) is 10.8 Å². The van der Waals surface area contributed by atoms with E-state index in [0.717, 1.165) is 61.3 Å². The van der Waals surface area contributed by atoms with Crippen LogP contribution in [-0.4, -0.2) is 18.7 Å². The standard InChI is InChI=1S/C24H22BrIN2O2S/c1-2-30-22-15(12-16(25)13-19(22)26)14-27-24-21(18-10-6-7-11-20(18)31-24)23(29)28-17-8-4-3-5-9-17/h3-5,8-9,12-14H,2,6-7,10-11H2,1H3,(H,28,29). The number of amides is 1. The molecule has 1 aromatic heterocycles. The van der Waals surface area contributed by atoms with Crippen molar-refractivity contribution in [1.29, 1.82) is 0 Å². The van der Waals surface area contributed by atoms with Gasteiger partial charge in [-0.25, -0.2) is 4.99 Å². The molecule has 1 N–H and O–H groups in total. The van der Waals surface area contributed by atoms with E-state index in [9.17, 15) is 4.79 Å². The van der Waals surface area contributed by atoms with Crippen LogP contribution in [0.15, 0.2) is 51.9 Å². The summed E-state index contributed by atoms with van der Waals surface area (Å²) in [6.07, 6.45) is 6.03. The van der Waals surface area contributed by atoms with E-state index in [0.29, 0.717) is 12.2 Å². The van der Waals surface area contributed by atoms with Crippen molar-refractivity contribution in [2.45, 2.75) is 32.6 Å². The van der Waals surface area contributed by atoms with Gasteiger partial charge in [-0.1, -0.05) is 34.1 Å². The molecule has 2 aromatic carbocycles. The summed E-state index contributed by atoms with van der Waals surface area (Å²) in [5.41, 5.74) is 3.55. The number of halogens is 2. The molecule has 0 saturated carbocycles. The first kappa shape index (κ1) is 22.5. The lowest BCUT2D eigenvalue weighted by molar-refractivity contribution is 0.102. The molecule has 31 heavy (non-hydrogen) atoms. The molecule has 0 atom stereocenters. The molecular formula is C24H22BrIN2O2S. The average molecular weight is 609 g/mol. The number of ether oxygens (including phenoxy) is 1. The smallest absolute Gasteiger partial charge is 0.259 e. The molecule has 4 rings (SSSR count). The van der Waals surface area contributed by atoms with Gasteiger partial charge >= 0.3 is 0 Å². The number of hydrogen-bond donors (Lipinski definition) is 1. The van der Waals surface area contributed by atoms with Crippen LogP contribution in [-0.2, 0) is 12.8 Å². The third-order valence-electron chi connectivity index (χ3n) is 5.06. The molecule has 1 heterocycles. The summed E-state index contributed by atoms with van der Waals surface area (Å²) < 4.78 is 7.84. The van der Waals surface area contributed by atoms with Crippen molar-refractivity contribution in [1.82, 2.24) is 0 Å². The molecule has 7 heteroatoms. The Bertz CT molecular complexity index is 1130. The second-order valence-corrected chi connectivity index (χ2v) is 10.4. The highest BCUT2D eigenvalue weighted by Gasteiger charge is 2.25. The molecule has 0 bridgehead atoms. The highest BCUT2D eigenvalue weighted by molar-refractivity contribution is 14.1. The van der Waals surface area contributed by atoms with Crippen molar-refractivity contribution in [3.05, 3.63) is 72.1 Å². The zero-order valence-corrected chi connectivity index (χ0v) is 21.6. The SMILES string of the molecule is CCOc1c(I)cc(Br)cc1C=Nc1sc2c(c1C(=O)Nc1ccccc1)CCCC2. The summed E-state index contributed by atoms with van der Waals surface area (Å²) in [5.74, 6) is 0.721. The van der Waals surface area contributed by atoms with Gasteiger partial charge in [-0.2, -0.15) is 0 Å². The van der Waals surface area contributed by atoms with Crippen LogP contribution in [0.4, 0.5) is 10.7 Å². The van der Waals surface area contributed by atoms with E-state index in [1.165, 1.54) is 4.88 Å². The highest BCUT2D eigenvalue weighted by Crippen LogP contribution is 2.40. The van der Waals surface area contributed by atoms with E-state index in [2.05, 4.69) is 43.8 Å². The minimum atomic E-state index is -0.0911. The van der Waals surface area contributed by atoms with Gasteiger partial charge in [-0.15, -0.1) is 11.3 Å². The van der Waals surface area contributed by atoms with Gasteiger partial charge in [-0.3, -0.25) is 4.79 Å². The number of carbonyl (C=O) groups excluding carboxylic acids is 1.